The standard InChI is InChI=1S/C13H19N5O/c1-13(2)7-18(5-4-10(13)19-3)12-9-6-16-17-11(9)14-8-15-12/h6,8,10H,4-5,7H2,1-3H3,(H,14,15,16,17). The van der Waals surface area contributed by atoms with Gasteiger partial charge in [-0.05, 0) is 6.42 Å². The van der Waals surface area contributed by atoms with Crippen LogP contribution in [0.2, 0.25) is 0 Å². The highest BCUT2D eigenvalue weighted by molar-refractivity contribution is 5.86. The number of fused-ring (bicyclic) bond motifs is 1. The second kappa shape index (κ2) is 4.45. The van der Waals surface area contributed by atoms with Crippen LogP contribution < -0.4 is 4.90 Å². The van der Waals surface area contributed by atoms with Gasteiger partial charge in [0.2, 0.25) is 0 Å². The molecule has 2 aromatic heterocycles. The molecule has 1 saturated heterocycles. The van der Waals surface area contributed by atoms with Crippen LogP contribution in [0.4, 0.5) is 5.82 Å². The Balaban J connectivity index is 1.93. The predicted molar refractivity (Wildman–Crippen MR) is 73.1 cm³/mol. The van der Waals surface area contributed by atoms with E-state index < -0.39 is 0 Å². The molecule has 0 aromatic carbocycles. The third kappa shape index (κ3) is 2.06. The average molecular weight is 261 g/mol. The molecule has 6 nitrogen and oxygen atoms in total. The zero-order valence-corrected chi connectivity index (χ0v) is 11.6. The Morgan fingerprint density at radius 2 is 2.26 bits per heavy atom. The summed E-state index contributed by atoms with van der Waals surface area (Å²) in [7, 11) is 1.79. The summed E-state index contributed by atoms with van der Waals surface area (Å²) in [4.78, 5) is 10.9. The number of H-pyrrole nitrogens is 1. The van der Waals surface area contributed by atoms with Crippen molar-refractivity contribution in [1.29, 1.82) is 0 Å². The first-order valence-corrected chi connectivity index (χ1v) is 6.53. The lowest BCUT2D eigenvalue weighted by atomic mass is 9.81. The number of nitrogens with zero attached hydrogens (tertiary/aromatic N) is 4. The maximum absolute atomic E-state index is 5.59. The van der Waals surface area contributed by atoms with Crippen LogP contribution in [-0.4, -0.2) is 46.5 Å². The van der Waals surface area contributed by atoms with Crippen molar-refractivity contribution < 1.29 is 4.74 Å². The fraction of sp³-hybridized carbons (Fsp3) is 0.615. The Kier molecular flexibility index (Phi) is 2.89. The van der Waals surface area contributed by atoms with Gasteiger partial charge in [0.1, 0.15) is 12.1 Å². The van der Waals surface area contributed by atoms with Gasteiger partial charge in [0.25, 0.3) is 0 Å². The molecule has 1 fully saturated rings. The van der Waals surface area contributed by atoms with E-state index >= 15 is 0 Å². The quantitative estimate of drug-likeness (QED) is 0.889. The maximum atomic E-state index is 5.59. The summed E-state index contributed by atoms with van der Waals surface area (Å²) in [6.07, 6.45) is 4.68. The number of rotatable bonds is 2. The fourth-order valence-electron chi connectivity index (χ4n) is 2.96. The molecule has 2 aromatic rings. The summed E-state index contributed by atoms with van der Waals surface area (Å²) < 4.78 is 5.59. The monoisotopic (exact) mass is 261 g/mol. The second-order valence-corrected chi connectivity index (χ2v) is 5.75. The van der Waals surface area contributed by atoms with E-state index in [-0.39, 0.29) is 5.41 Å². The number of anilines is 1. The maximum Gasteiger partial charge on any atom is 0.160 e. The van der Waals surface area contributed by atoms with Gasteiger partial charge in [-0.25, -0.2) is 9.97 Å². The van der Waals surface area contributed by atoms with Crippen molar-refractivity contribution in [1.82, 2.24) is 20.2 Å². The van der Waals surface area contributed by atoms with Gasteiger partial charge in [0.05, 0.1) is 17.7 Å². The molecule has 1 N–H and O–H groups in total. The minimum absolute atomic E-state index is 0.105. The Morgan fingerprint density at radius 1 is 1.42 bits per heavy atom. The summed E-state index contributed by atoms with van der Waals surface area (Å²) in [5.74, 6) is 0.960. The number of hydrogen-bond acceptors (Lipinski definition) is 5. The van der Waals surface area contributed by atoms with E-state index in [1.807, 2.05) is 0 Å². The normalized spacial score (nSPS) is 22.9. The first-order valence-electron chi connectivity index (χ1n) is 6.53. The first kappa shape index (κ1) is 12.3. The number of piperidine rings is 1. The number of hydrogen-bond donors (Lipinski definition) is 1. The Bertz CT molecular complexity index is 579. The first-order chi connectivity index (χ1) is 9.12. The largest absolute Gasteiger partial charge is 0.381 e. The number of methoxy groups -OCH3 is 1. The van der Waals surface area contributed by atoms with Gasteiger partial charge in [-0.3, -0.25) is 5.10 Å². The van der Waals surface area contributed by atoms with Crippen LogP contribution in [0.3, 0.4) is 0 Å². The molecule has 102 valence electrons. The molecule has 3 rings (SSSR count). The van der Waals surface area contributed by atoms with Crippen LogP contribution in [0.25, 0.3) is 11.0 Å². The van der Waals surface area contributed by atoms with Crippen LogP contribution in [0.1, 0.15) is 20.3 Å². The molecule has 1 atom stereocenters. The minimum atomic E-state index is 0.105. The SMILES string of the molecule is COC1CCN(c2ncnc3[nH]ncc23)CC1(C)C. The highest BCUT2D eigenvalue weighted by Crippen LogP contribution is 2.34. The summed E-state index contributed by atoms with van der Waals surface area (Å²) in [6.45, 7) is 6.34. The second-order valence-electron chi connectivity index (χ2n) is 5.75. The molecule has 0 spiro atoms. The molecule has 1 unspecified atom stereocenters. The molecule has 3 heterocycles. The third-order valence-corrected chi connectivity index (χ3v) is 3.94. The topological polar surface area (TPSA) is 66.9 Å². The van der Waals surface area contributed by atoms with E-state index in [1.54, 1.807) is 19.6 Å². The minimum Gasteiger partial charge on any atom is -0.381 e. The van der Waals surface area contributed by atoms with Crippen LogP contribution in [0, 0.1) is 5.41 Å². The molecule has 0 radical (unpaired) electrons. The molecule has 1 aliphatic rings. The molecule has 6 heteroatoms. The lowest BCUT2D eigenvalue weighted by Gasteiger charge is -2.44. The third-order valence-electron chi connectivity index (χ3n) is 3.94. The van der Waals surface area contributed by atoms with Crippen molar-refractivity contribution in [2.24, 2.45) is 5.41 Å². The summed E-state index contributed by atoms with van der Waals surface area (Å²) in [5.41, 5.74) is 0.894. The average Bonchev–Trinajstić information content (AvgIpc) is 2.85. The van der Waals surface area contributed by atoms with Gasteiger partial charge in [-0.15, -0.1) is 0 Å². The van der Waals surface area contributed by atoms with Crippen molar-refractivity contribution >= 4 is 16.9 Å². The van der Waals surface area contributed by atoms with Crippen molar-refractivity contribution in [2.45, 2.75) is 26.4 Å². The van der Waals surface area contributed by atoms with Crippen molar-refractivity contribution in [3.05, 3.63) is 12.5 Å². The predicted octanol–water partition coefficient (Wildman–Crippen LogP) is 1.60. The van der Waals surface area contributed by atoms with E-state index in [2.05, 4.69) is 38.9 Å². The van der Waals surface area contributed by atoms with Gasteiger partial charge < -0.3 is 9.64 Å². The molecule has 19 heavy (non-hydrogen) atoms. The summed E-state index contributed by atoms with van der Waals surface area (Å²) in [5, 5.41) is 7.91. The number of aromatic nitrogens is 4. The van der Waals surface area contributed by atoms with Crippen molar-refractivity contribution in [2.75, 3.05) is 25.1 Å². The molecule has 0 bridgehead atoms. The zero-order valence-electron chi connectivity index (χ0n) is 11.6. The number of nitrogens with one attached hydrogen (secondary N) is 1. The fourth-order valence-corrected chi connectivity index (χ4v) is 2.96. The highest BCUT2D eigenvalue weighted by Gasteiger charge is 2.36. The summed E-state index contributed by atoms with van der Waals surface area (Å²) >= 11 is 0. The molecule has 0 amide bonds. The molecular weight excluding hydrogens is 242 g/mol. The van der Waals surface area contributed by atoms with Gasteiger partial charge in [-0.2, -0.15) is 5.10 Å². The lowest BCUT2D eigenvalue weighted by Crippen LogP contribution is -2.49. The van der Waals surface area contributed by atoms with Gasteiger partial charge in [0.15, 0.2) is 5.65 Å². The van der Waals surface area contributed by atoms with Gasteiger partial charge >= 0.3 is 0 Å². The Labute approximate surface area is 112 Å². The van der Waals surface area contributed by atoms with Crippen LogP contribution >= 0.6 is 0 Å². The summed E-state index contributed by atoms with van der Waals surface area (Å²) in [6, 6.07) is 0. The molecule has 0 aliphatic carbocycles. The van der Waals surface area contributed by atoms with Crippen LogP contribution in [0.5, 0.6) is 0 Å². The Morgan fingerprint density at radius 3 is 3.00 bits per heavy atom. The molecule has 1 aliphatic heterocycles. The zero-order chi connectivity index (χ0) is 13.5. The molecule has 0 saturated carbocycles. The number of aromatic amines is 1. The Hall–Kier alpha value is -1.69. The number of ether oxygens (including phenoxy) is 1. The van der Waals surface area contributed by atoms with Crippen LogP contribution in [-0.2, 0) is 4.74 Å². The van der Waals surface area contributed by atoms with E-state index in [0.717, 1.165) is 36.4 Å². The van der Waals surface area contributed by atoms with Gasteiger partial charge in [-0.1, -0.05) is 13.8 Å². The van der Waals surface area contributed by atoms with Crippen LogP contribution in [0.15, 0.2) is 12.5 Å². The van der Waals surface area contributed by atoms with Crippen molar-refractivity contribution in [3.8, 4) is 0 Å². The molecular formula is C13H19N5O. The highest BCUT2D eigenvalue weighted by atomic mass is 16.5. The van der Waals surface area contributed by atoms with Gasteiger partial charge in [0, 0.05) is 25.6 Å². The smallest absolute Gasteiger partial charge is 0.160 e. The van der Waals surface area contributed by atoms with E-state index in [9.17, 15) is 0 Å². The van der Waals surface area contributed by atoms with E-state index in [0.29, 0.717) is 6.10 Å². The lowest BCUT2D eigenvalue weighted by molar-refractivity contribution is -0.00638. The van der Waals surface area contributed by atoms with E-state index in [1.165, 1.54) is 0 Å². The van der Waals surface area contributed by atoms with E-state index in [4.69, 9.17) is 4.74 Å². The van der Waals surface area contributed by atoms with Crippen molar-refractivity contribution in [3.63, 3.8) is 0 Å².